The van der Waals surface area contributed by atoms with E-state index in [2.05, 4.69) is 10.1 Å². The number of carbonyl (C=O) groups is 1. The smallest absolute Gasteiger partial charge is 0.259 e. The first-order valence-electron chi connectivity index (χ1n) is 10.4. The molecule has 2 aromatic heterocycles. The van der Waals surface area contributed by atoms with Crippen LogP contribution in [0, 0.1) is 13.8 Å². The van der Waals surface area contributed by atoms with Crippen LogP contribution in [0.1, 0.15) is 45.9 Å². The van der Waals surface area contributed by atoms with Crippen LogP contribution in [0.15, 0.2) is 41.1 Å². The number of benzene rings is 1. The summed E-state index contributed by atoms with van der Waals surface area (Å²) in [6.45, 7) is 5.44. The maximum Gasteiger partial charge on any atom is 0.259 e. The Kier molecular flexibility index (Phi) is 4.62. The summed E-state index contributed by atoms with van der Waals surface area (Å²) < 4.78 is 11.5. The number of carbonyl (C=O) groups excluding carboxylic acids is 1. The Morgan fingerprint density at radius 2 is 1.90 bits per heavy atom. The second-order valence-electron chi connectivity index (χ2n) is 8.02. The van der Waals surface area contributed by atoms with Crippen molar-refractivity contribution < 1.29 is 14.1 Å². The van der Waals surface area contributed by atoms with Gasteiger partial charge in [0.1, 0.15) is 16.9 Å². The minimum absolute atomic E-state index is 0.0233. The number of fused-ring (bicyclic) bond motifs is 2. The zero-order valence-electron chi connectivity index (χ0n) is 17.2. The van der Waals surface area contributed by atoms with E-state index in [1.54, 1.807) is 13.8 Å². The molecule has 4 heterocycles. The molecule has 2 aliphatic heterocycles. The zero-order valence-corrected chi connectivity index (χ0v) is 17.2. The molecule has 1 fully saturated rings. The fourth-order valence-electron chi connectivity index (χ4n) is 4.53. The average Bonchev–Trinajstić information content (AvgIpc) is 3.12. The maximum atomic E-state index is 13.0. The molecule has 1 saturated heterocycles. The summed E-state index contributed by atoms with van der Waals surface area (Å²) in [5.74, 6) is 1.26. The van der Waals surface area contributed by atoms with Gasteiger partial charge in [0.25, 0.3) is 5.91 Å². The molecule has 30 heavy (non-hydrogen) atoms. The van der Waals surface area contributed by atoms with Crippen LogP contribution in [0.3, 0.4) is 0 Å². The molecule has 3 aromatic rings. The molecule has 7 nitrogen and oxygen atoms in total. The van der Waals surface area contributed by atoms with Crippen molar-refractivity contribution in [3.05, 3.63) is 64.8 Å². The van der Waals surface area contributed by atoms with Crippen LogP contribution >= 0.6 is 0 Å². The number of aryl methyl sites for hydroxylation is 2. The Labute approximate surface area is 175 Å². The van der Waals surface area contributed by atoms with Crippen molar-refractivity contribution in [2.75, 3.05) is 19.7 Å². The maximum absolute atomic E-state index is 13.0. The molecular weight excluding hydrogens is 380 g/mol. The first kappa shape index (κ1) is 18.9. The molecule has 0 unspecified atom stereocenters. The van der Waals surface area contributed by atoms with E-state index < -0.39 is 5.60 Å². The summed E-state index contributed by atoms with van der Waals surface area (Å²) in [5.41, 5.74) is 3.86. The van der Waals surface area contributed by atoms with Crippen molar-refractivity contribution in [2.24, 2.45) is 0 Å². The third-order valence-corrected chi connectivity index (χ3v) is 6.18. The highest BCUT2D eigenvalue weighted by Crippen LogP contribution is 2.41. The number of likely N-dealkylation sites (tertiary alicyclic amines) is 1. The Hall–Kier alpha value is -3.06. The van der Waals surface area contributed by atoms with E-state index in [4.69, 9.17) is 14.2 Å². The van der Waals surface area contributed by atoms with E-state index in [0.717, 1.165) is 23.2 Å². The number of hydrogen-bond donors (Lipinski definition) is 0. The summed E-state index contributed by atoms with van der Waals surface area (Å²) in [6.07, 6.45) is 4.17. The largest absolute Gasteiger partial charge is 0.368 e. The van der Waals surface area contributed by atoms with Crippen LogP contribution in [0.5, 0.6) is 0 Å². The van der Waals surface area contributed by atoms with Gasteiger partial charge in [0, 0.05) is 24.8 Å². The normalized spacial score (nSPS) is 17.7. The molecule has 0 aliphatic carbocycles. The molecular formula is C23H24N4O3. The fourth-order valence-corrected chi connectivity index (χ4v) is 4.53. The van der Waals surface area contributed by atoms with Crippen LogP contribution in [0.4, 0.5) is 0 Å². The summed E-state index contributed by atoms with van der Waals surface area (Å²) in [4.78, 5) is 24.4. The third kappa shape index (κ3) is 3.10. The lowest BCUT2D eigenvalue weighted by Gasteiger charge is -2.44. The van der Waals surface area contributed by atoms with Gasteiger partial charge in [0.2, 0.25) is 0 Å². The topological polar surface area (TPSA) is 81.4 Å². The lowest BCUT2D eigenvalue weighted by Crippen LogP contribution is -2.49. The van der Waals surface area contributed by atoms with Crippen molar-refractivity contribution in [3.63, 3.8) is 0 Å². The van der Waals surface area contributed by atoms with Gasteiger partial charge in [-0.1, -0.05) is 35.5 Å². The molecule has 7 heteroatoms. The highest BCUT2D eigenvalue weighted by Gasteiger charge is 2.44. The first-order valence-corrected chi connectivity index (χ1v) is 10.4. The van der Waals surface area contributed by atoms with Crippen LogP contribution in [-0.4, -0.2) is 45.6 Å². The zero-order chi connectivity index (χ0) is 20.7. The van der Waals surface area contributed by atoms with Crippen LogP contribution in [0.2, 0.25) is 0 Å². The summed E-state index contributed by atoms with van der Waals surface area (Å²) in [5, 5.41) is 3.92. The van der Waals surface area contributed by atoms with Gasteiger partial charge in [-0.3, -0.25) is 4.79 Å². The van der Waals surface area contributed by atoms with Crippen LogP contribution < -0.4 is 0 Å². The van der Waals surface area contributed by atoms with Gasteiger partial charge >= 0.3 is 0 Å². The monoisotopic (exact) mass is 404 g/mol. The second-order valence-corrected chi connectivity index (χ2v) is 8.02. The molecule has 154 valence electrons. The molecule has 1 spiro atoms. The van der Waals surface area contributed by atoms with E-state index in [9.17, 15) is 4.79 Å². The second kappa shape index (κ2) is 7.32. The molecule has 0 saturated carbocycles. The number of piperidine rings is 1. The molecule has 0 atom stereocenters. The van der Waals surface area contributed by atoms with Gasteiger partial charge in [-0.25, -0.2) is 9.97 Å². The van der Waals surface area contributed by atoms with Gasteiger partial charge in [0.15, 0.2) is 5.82 Å². The van der Waals surface area contributed by atoms with Crippen molar-refractivity contribution in [2.45, 2.75) is 38.7 Å². The van der Waals surface area contributed by atoms with E-state index in [1.807, 2.05) is 41.4 Å². The molecule has 0 bridgehead atoms. The number of amides is 1. The van der Waals surface area contributed by atoms with Crippen molar-refractivity contribution in [1.82, 2.24) is 20.0 Å². The SMILES string of the molecule is Cc1noc(C)c1C(=O)N1CCC2(CC1)OCCc1cnc(-c3ccccc3)nc12. The van der Waals surface area contributed by atoms with E-state index in [0.29, 0.717) is 55.4 Å². The first-order chi connectivity index (χ1) is 14.6. The molecule has 0 radical (unpaired) electrons. The Bertz CT molecular complexity index is 1070. The van der Waals surface area contributed by atoms with Gasteiger partial charge < -0.3 is 14.2 Å². The van der Waals surface area contributed by atoms with Crippen LogP contribution in [0.25, 0.3) is 11.4 Å². The van der Waals surface area contributed by atoms with Gasteiger partial charge in [-0.05, 0) is 38.7 Å². The molecule has 1 amide bonds. The van der Waals surface area contributed by atoms with Crippen LogP contribution in [-0.2, 0) is 16.8 Å². The minimum atomic E-state index is -0.463. The van der Waals surface area contributed by atoms with E-state index in [1.165, 1.54) is 0 Å². The number of aromatic nitrogens is 3. The van der Waals surface area contributed by atoms with Gasteiger partial charge in [-0.15, -0.1) is 0 Å². The minimum Gasteiger partial charge on any atom is -0.368 e. The molecule has 2 aliphatic rings. The third-order valence-electron chi connectivity index (χ3n) is 6.18. The molecule has 1 aromatic carbocycles. The lowest BCUT2D eigenvalue weighted by molar-refractivity contribution is -0.0967. The van der Waals surface area contributed by atoms with Gasteiger partial charge in [-0.2, -0.15) is 0 Å². The number of rotatable bonds is 2. The van der Waals surface area contributed by atoms with E-state index in [-0.39, 0.29) is 5.91 Å². The number of hydrogen-bond acceptors (Lipinski definition) is 6. The van der Waals surface area contributed by atoms with Crippen molar-refractivity contribution in [1.29, 1.82) is 0 Å². The Balaban J connectivity index is 1.42. The molecule has 5 rings (SSSR count). The van der Waals surface area contributed by atoms with Gasteiger partial charge in [0.05, 0.1) is 18.0 Å². The highest BCUT2D eigenvalue weighted by molar-refractivity contribution is 5.96. The highest BCUT2D eigenvalue weighted by atomic mass is 16.5. The van der Waals surface area contributed by atoms with E-state index >= 15 is 0 Å². The fraction of sp³-hybridized carbons (Fsp3) is 0.391. The summed E-state index contributed by atoms with van der Waals surface area (Å²) in [6, 6.07) is 10.00. The van der Waals surface area contributed by atoms with Crippen molar-refractivity contribution in [3.8, 4) is 11.4 Å². The predicted octanol–water partition coefficient (Wildman–Crippen LogP) is 3.45. The van der Waals surface area contributed by atoms with Crippen molar-refractivity contribution >= 4 is 5.91 Å². The Morgan fingerprint density at radius 3 is 2.60 bits per heavy atom. The predicted molar refractivity (Wildman–Crippen MR) is 110 cm³/mol. The summed E-state index contributed by atoms with van der Waals surface area (Å²) in [7, 11) is 0. The number of nitrogens with zero attached hydrogens (tertiary/aromatic N) is 4. The number of ether oxygens (including phenoxy) is 1. The molecule has 0 N–H and O–H groups in total. The quantitative estimate of drug-likeness (QED) is 0.651. The lowest BCUT2D eigenvalue weighted by atomic mass is 9.83. The summed E-state index contributed by atoms with van der Waals surface area (Å²) >= 11 is 0. The Morgan fingerprint density at radius 1 is 1.13 bits per heavy atom. The standard InChI is InChI=1S/C23H24N4O3/c1-15-19(16(2)30-26-15)22(28)27-11-9-23(10-12-27)20-18(8-13-29-23)14-24-21(25-20)17-6-4-3-5-7-17/h3-7,14H,8-13H2,1-2H3. The average molecular weight is 404 g/mol.